The molecule has 0 radical (unpaired) electrons. The first-order chi connectivity index (χ1) is 18.1. The molecular formula is C32H45N3O4. The summed E-state index contributed by atoms with van der Waals surface area (Å²) in [5, 5.41) is 5.81. The second kappa shape index (κ2) is 13.5. The Bertz CT molecular complexity index is 1130. The molecule has 2 aromatic rings. The Morgan fingerprint density at radius 2 is 1.62 bits per heavy atom. The van der Waals surface area contributed by atoms with Gasteiger partial charge >= 0.3 is 6.09 Å². The Labute approximate surface area is 234 Å². The second-order valence-corrected chi connectivity index (χ2v) is 12.2. The summed E-state index contributed by atoms with van der Waals surface area (Å²) >= 11 is 0. The van der Waals surface area contributed by atoms with Gasteiger partial charge < -0.3 is 20.3 Å². The third kappa shape index (κ3) is 9.89. The van der Waals surface area contributed by atoms with Crippen LogP contribution in [-0.2, 0) is 20.9 Å². The zero-order chi connectivity index (χ0) is 29.4. The first kappa shape index (κ1) is 31.6. The number of nitrogens with zero attached hydrogens (tertiary/aromatic N) is 1. The molecule has 7 heteroatoms. The fourth-order valence-electron chi connectivity index (χ4n) is 4.31. The molecule has 2 N–H and O–H groups in total. The van der Waals surface area contributed by atoms with Gasteiger partial charge in [0, 0.05) is 12.1 Å². The monoisotopic (exact) mass is 535 g/mol. The highest BCUT2D eigenvalue weighted by Crippen LogP contribution is 2.31. The van der Waals surface area contributed by atoms with Crippen molar-refractivity contribution in [2.24, 2.45) is 5.92 Å². The summed E-state index contributed by atoms with van der Waals surface area (Å²) < 4.78 is 5.46. The minimum absolute atomic E-state index is 0.102. The highest BCUT2D eigenvalue weighted by atomic mass is 16.6. The van der Waals surface area contributed by atoms with Gasteiger partial charge in [0.25, 0.3) is 0 Å². The molecule has 3 amide bonds. The number of rotatable bonds is 10. The van der Waals surface area contributed by atoms with Gasteiger partial charge in [-0.1, -0.05) is 75.0 Å². The molecule has 0 saturated heterocycles. The van der Waals surface area contributed by atoms with Gasteiger partial charge in [0.1, 0.15) is 17.7 Å². The highest BCUT2D eigenvalue weighted by Gasteiger charge is 2.42. The number of hydrogen-bond acceptors (Lipinski definition) is 4. The average Bonchev–Trinajstić information content (AvgIpc) is 2.83. The van der Waals surface area contributed by atoms with Crippen molar-refractivity contribution in [1.82, 2.24) is 15.5 Å². The van der Waals surface area contributed by atoms with Crippen molar-refractivity contribution in [1.29, 1.82) is 0 Å². The maximum absolute atomic E-state index is 14.3. The van der Waals surface area contributed by atoms with E-state index in [0.717, 1.165) is 11.1 Å². The number of ether oxygens (including phenoxy) is 1. The van der Waals surface area contributed by atoms with Crippen LogP contribution in [0, 0.1) is 5.92 Å². The van der Waals surface area contributed by atoms with Crippen LogP contribution >= 0.6 is 0 Å². The standard InChI is InChI=1S/C32H45N3O4/c1-10-23-17-14-18-25(20-23)27(28(36)33-21-24-15-12-11-13-16-24)35(31(4,5)6)29(37)26(19-22(2)3)34-30(38)39-32(7,8)9/h10-18,20,22,26-27H,1,19,21H2,2-9H3,(H,33,36)(H,34,38). The van der Waals surface area contributed by atoms with E-state index in [-0.39, 0.29) is 17.7 Å². The van der Waals surface area contributed by atoms with E-state index in [1.54, 1.807) is 31.7 Å². The van der Waals surface area contributed by atoms with E-state index in [4.69, 9.17) is 4.74 Å². The molecule has 0 aromatic heterocycles. The molecule has 0 saturated carbocycles. The number of alkyl carbamates (subject to hydrolysis) is 1. The fraction of sp³-hybridized carbons (Fsp3) is 0.469. The molecule has 212 valence electrons. The number of nitrogens with one attached hydrogen (secondary N) is 2. The van der Waals surface area contributed by atoms with Crippen LogP contribution in [0.25, 0.3) is 6.08 Å². The molecule has 0 aliphatic rings. The molecule has 2 unspecified atom stereocenters. The molecule has 0 fully saturated rings. The van der Waals surface area contributed by atoms with Crippen molar-refractivity contribution >= 4 is 24.0 Å². The largest absolute Gasteiger partial charge is 0.444 e. The van der Waals surface area contributed by atoms with Gasteiger partial charge in [-0.2, -0.15) is 0 Å². The summed E-state index contributed by atoms with van der Waals surface area (Å²) in [6, 6.07) is 15.2. The molecule has 7 nitrogen and oxygen atoms in total. The first-order valence-electron chi connectivity index (χ1n) is 13.5. The Balaban J connectivity index is 2.55. The number of carbonyl (C=O) groups excluding carboxylic acids is 3. The predicted octanol–water partition coefficient (Wildman–Crippen LogP) is 6.25. The van der Waals surface area contributed by atoms with Gasteiger partial charge in [0.15, 0.2) is 0 Å². The van der Waals surface area contributed by atoms with Crippen LogP contribution in [0.2, 0.25) is 0 Å². The third-order valence-electron chi connectivity index (χ3n) is 5.93. The lowest BCUT2D eigenvalue weighted by molar-refractivity contribution is -0.148. The van der Waals surface area contributed by atoms with E-state index >= 15 is 0 Å². The predicted molar refractivity (Wildman–Crippen MR) is 157 cm³/mol. The van der Waals surface area contributed by atoms with Crippen molar-refractivity contribution in [2.45, 2.75) is 91.6 Å². The van der Waals surface area contributed by atoms with Crippen LogP contribution in [0.15, 0.2) is 61.2 Å². The Kier molecular flexibility index (Phi) is 10.9. The van der Waals surface area contributed by atoms with Crippen LogP contribution in [-0.4, -0.2) is 40.0 Å². The van der Waals surface area contributed by atoms with Crippen molar-refractivity contribution < 1.29 is 19.1 Å². The summed E-state index contributed by atoms with van der Waals surface area (Å²) in [6.07, 6.45) is 1.42. The Morgan fingerprint density at radius 1 is 0.974 bits per heavy atom. The molecule has 0 aliphatic carbocycles. The van der Waals surface area contributed by atoms with Crippen LogP contribution in [0.1, 0.15) is 84.5 Å². The van der Waals surface area contributed by atoms with Gasteiger partial charge in [-0.05, 0) is 76.6 Å². The van der Waals surface area contributed by atoms with Gasteiger partial charge in [-0.3, -0.25) is 9.59 Å². The summed E-state index contributed by atoms with van der Waals surface area (Å²) in [5.74, 6) is -0.569. The van der Waals surface area contributed by atoms with Crippen molar-refractivity contribution in [2.75, 3.05) is 0 Å². The maximum Gasteiger partial charge on any atom is 0.408 e. The van der Waals surface area contributed by atoms with Gasteiger partial charge in [0.05, 0.1) is 0 Å². The average molecular weight is 536 g/mol. The number of hydrogen-bond donors (Lipinski definition) is 2. The zero-order valence-electron chi connectivity index (χ0n) is 24.7. The second-order valence-electron chi connectivity index (χ2n) is 12.2. The third-order valence-corrected chi connectivity index (χ3v) is 5.93. The van der Waals surface area contributed by atoms with Crippen molar-refractivity contribution in [3.05, 3.63) is 77.9 Å². The van der Waals surface area contributed by atoms with Gasteiger partial charge in [-0.25, -0.2) is 4.79 Å². The normalized spacial score (nSPS) is 13.3. The number of carbonyl (C=O) groups is 3. The highest BCUT2D eigenvalue weighted by molar-refractivity contribution is 5.92. The minimum atomic E-state index is -0.948. The summed E-state index contributed by atoms with van der Waals surface area (Å²) in [4.78, 5) is 42.6. The quantitative estimate of drug-likeness (QED) is 0.376. The molecule has 2 atom stereocenters. The smallest absolute Gasteiger partial charge is 0.408 e. The van der Waals surface area contributed by atoms with Crippen LogP contribution in [0.4, 0.5) is 4.79 Å². The molecule has 0 bridgehead atoms. The molecule has 0 aliphatic heterocycles. The van der Waals surface area contributed by atoms with Crippen LogP contribution in [0.5, 0.6) is 0 Å². The molecule has 0 spiro atoms. The topological polar surface area (TPSA) is 87.7 Å². The Hall–Kier alpha value is -3.61. The van der Waals surface area contributed by atoms with E-state index in [0.29, 0.717) is 18.5 Å². The fourth-order valence-corrected chi connectivity index (χ4v) is 4.31. The summed E-state index contributed by atoms with van der Waals surface area (Å²) in [6.45, 7) is 19.1. The molecular weight excluding hydrogens is 490 g/mol. The molecule has 39 heavy (non-hydrogen) atoms. The summed E-state index contributed by atoms with van der Waals surface area (Å²) in [7, 11) is 0. The van der Waals surface area contributed by atoms with Crippen molar-refractivity contribution in [3.8, 4) is 0 Å². The lowest BCUT2D eigenvalue weighted by Gasteiger charge is -2.43. The Morgan fingerprint density at radius 3 is 2.15 bits per heavy atom. The maximum atomic E-state index is 14.3. The molecule has 2 aromatic carbocycles. The van der Waals surface area contributed by atoms with Gasteiger partial charge in [0.2, 0.25) is 11.8 Å². The van der Waals surface area contributed by atoms with E-state index < -0.39 is 29.3 Å². The van der Waals surface area contributed by atoms with Crippen molar-refractivity contribution in [3.63, 3.8) is 0 Å². The molecule has 2 rings (SSSR count). The lowest BCUT2D eigenvalue weighted by atomic mass is 9.93. The zero-order valence-corrected chi connectivity index (χ0v) is 24.7. The van der Waals surface area contributed by atoms with E-state index in [2.05, 4.69) is 17.2 Å². The number of amides is 3. The van der Waals surface area contributed by atoms with Gasteiger partial charge in [-0.15, -0.1) is 0 Å². The van der Waals surface area contributed by atoms with Crippen LogP contribution < -0.4 is 10.6 Å². The van der Waals surface area contributed by atoms with E-state index in [1.807, 2.05) is 89.2 Å². The van der Waals surface area contributed by atoms with Crippen LogP contribution in [0.3, 0.4) is 0 Å². The molecule has 0 heterocycles. The van der Waals surface area contributed by atoms with E-state index in [1.165, 1.54) is 0 Å². The minimum Gasteiger partial charge on any atom is -0.444 e. The first-order valence-corrected chi connectivity index (χ1v) is 13.5. The van der Waals surface area contributed by atoms with E-state index in [9.17, 15) is 14.4 Å². The summed E-state index contributed by atoms with van der Waals surface area (Å²) in [5.41, 5.74) is 0.954. The number of benzene rings is 2. The lowest BCUT2D eigenvalue weighted by Crippen LogP contribution is -2.58. The SMILES string of the molecule is C=Cc1cccc(C(C(=O)NCc2ccccc2)N(C(=O)C(CC(C)C)NC(=O)OC(C)(C)C)C(C)(C)C)c1.